The molecule has 0 unspecified atom stereocenters. The molecular formula is C16H27N3. The summed E-state index contributed by atoms with van der Waals surface area (Å²) in [5.74, 6) is 0. The van der Waals surface area contributed by atoms with Crippen LogP contribution in [0.25, 0.3) is 0 Å². The molecule has 3 heteroatoms. The van der Waals surface area contributed by atoms with Crippen molar-refractivity contribution in [2.75, 3.05) is 39.5 Å². The first-order valence-electron chi connectivity index (χ1n) is 7.39. The minimum Gasteiger partial charge on any atom is -0.399 e. The van der Waals surface area contributed by atoms with Gasteiger partial charge in [0.15, 0.2) is 0 Å². The number of likely N-dealkylation sites (tertiary alicyclic amines) is 1. The number of nitrogens with two attached hydrogens (primary N) is 1. The van der Waals surface area contributed by atoms with Crippen LogP contribution in [0.5, 0.6) is 0 Å². The zero-order valence-corrected chi connectivity index (χ0v) is 12.3. The van der Waals surface area contributed by atoms with Crippen molar-refractivity contribution in [3.63, 3.8) is 0 Å². The molecule has 2 N–H and O–H groups in total. The number of nitrogen functional groups attached to an aromatic ring is 1. The number of nitrogens with zero attached hydrogens (tertiary/aromatic N) is 2. The molecule has 0 bridgehead atoms. The van der Waals surface area contributed by atoms with E-state index >= 15 is 0 Å². The second-order valence-corrected chi connectivity index (χ2v) is 5.82. The predicted molar refractivity (Wildman–Crippen MR) is 82.3 cm³/mol. The fraction of sp³-hybridized carbons (Fsp3) is 0.625. The topological polar surface area (TPSA) is 32.5 Å². The Morgan fingerprint density at radius 2 is 1.95 bits per heavy atom. The summed E-state index contributed by atoms with van der Waals surface area (Å²) < 4.78 is 0. The highest BCUT2D eigenvalue weighted by molar-refractivity contribution is 5.46. The van der Waals surface area contributed by atoms with Gasteiger partial charge in [0.05, 0.1) is 0 Å². The highest BCUT2D eigenvalue weighted by atomic mass is 15.2. The summed E-state index contributed by atoms with van der Waals surface area (Å²) in [4.78, 5) is 4.96. The van der Waals surface area contributed by atoms with Gasteiger partial charge in [-0.1, -0.05) is 18.2 Å². The number of aryl methyl sites for hydroxylation is 1. The molecule has 0 amide bonds. The van der Waals surface area contributed by atoms with E-state index in [1.807, 2.05) is 12.1 Å². The third-order valence-electron chi connectivity index (χ3n) is 4.32. The van der Waals surface area contributed by atoms with Gasteiger partial charge in [0.2, 0.25) is 0 Å². The Morgan fingerprint density at radius 3 is 2.63 bits per heavy atom. The van der Waals surface area contributed by atoms with Gasteiger partial charge in [-0.05, 0) is 71.0 Å². The lowest BCUT2D eigenvalue weighted by Gasteiger charge is -2.35. The van der Waals surface area contributed by atoms with E-state index in [-0.39, 0.29) is 0 Å². The van der Waals surface area contributed by atoms with Crippen molar-refractivity contribution in [3.8, 4) is 0 Å². The molecule has 1 fully saturated rings. The van der Waals surface area contributed by atoms with E-state index in [4.69, 9.17) is 5.73 Å². The number of anilines is 1. The zero-order chi connectivity index (χ0) is 13.7. The van der Waals surface area contributed by atoms with Crippen LogP contribution in [0.1, 0.15) is 24.8 Å². The van der Waals surface area contributed by atoms with E-state index in [1.165, 1.54) is 44.5 Å². The Hall–Kier alpha value is -1.06. The number of benzene rings is 1. The number of hydrogen-bond acceptors (Lipinski definition) is 3. The van der Waals surface area contributed by atoms with Gasteiger partial charge in [-0.2, -0.15) is 0 Å². The van der Waals surface area contributed by atoms with Crippen LogP contribution >= 0.6 is 0 Å². The molecule has 2 rings (SSSR count). The van der Waals surface area contributed by atoms with E-state index in [9.17, 15) is 0 Å². The van der Waals surface area contributed by atoms with Gasteiger partial charge < -0.3 is 15.5 Å². The first kappa shape index (κ1) is 14.4. The van der Waals surface area contributed by atoms with Crippen molar-refractivity contribution >= 4 is 5.69 Å². The maximum Gasteiger partial charge on any atom is 0.0346 e. The van der Waals surface area contributed by atoms with Crippen molar-refractivity contribution in [3.05, 3.63) is 29.8 Å². The van der Waals surface area contributed by atoms with Gasteiger partial charge in [-0.3, -0.25) is 0 Å². The molecule has 0 aliphatic carbocycles. The highest BCUT2D eigenvalue weighted by Gasteiger charge is 2.19. The molecule has 1 aromatic rings. The summed E-state index contributed by atoms with van der Waals surface area (Å²) in [6, 6.07) is 8.99. The van der Waals surface area contributed by atoms with Gasteiger partial charge in [-0.15, -0.1) is 0 Å². The van der Waals surface area contributed by atoms with Crippen LogP contribution in [0.2, 0.25) is 0 Å². The molecule has 0 aromatic heterocycles. The van der Waals surface area contributed by atoms with Crippen molar-refractivity contribution < 1.29 is 0 Å². The summed E-state index contributed by atoms with van der Waals surface area (Å²) >= 11 is 0. The smallest absolute Gasteiger partial charge is 0.0346 e. The second kappa shape index (κ2) is 6.92. The Bertz CT molecular complexity index is 383. The van der Waals surface area contributed by atoms with E-state index < -0.39 is 0 Å². The Balaban J connectivity index is 1.72. The fourth-order valence-electron chi connectivity index (χ4n) is 2.90. The third kappa shape index (κ3) is 4.22. The maximum absolute atomic E-state index is 5.98. The van der Waals surface area contributed by atoms with Crippen LogP contribution in [0, 0.1) is 0 Å². The summed E-state index contributed by atoms with van der Waals surface area (Å²) in [6.07, 6.45) is 4.89. The molecule has 19 heavy (non-hydrogen) atoms. The molecule has 0 saturated carbocycles. The second-order valence-electron chi connectivity index (χ2n) is 5.82. The SMILES string of the molecule is CN1CCC(N(C)CCCc2ccccc2N)CC1. The van der Waals surface area contributed by atoms with Crippen LogP contribution in [0.4, 0.5) is 5.69 Å². The third-order valence-corrected chi connectivity index (χ3v) is 4.32. The Morgan fingerprint density at radius 1 is 1.26 bits per heavy atom. The van der Waals surface area contributed by atoms with Crippen LogP contribution in [0.15, 0.2) is 24.3 Å². The van der Waals surface area contributed by atoms with E-state index in [0.29, 0.717) is 0 Å². The molecular weight excluding hydrogens is 234 g/mol. The van der Waals surface area contributed by atoms with E-state index in [2.05, 4.69) is 36.0 Å². The number of hydrogen-bond donors (Lipinski definition) is 1. The van der Waals surface area contributed by atoms with Crippen LogP contribution < -0.4 is 5.73 Å². The first-order chi connectivity index (χ1) is 9.16. The van der Waals surface area contributed by atoms with Crippen LogP contribution in [-0.4, -0.2) is 49.6 Å². The monoisotopic (exact) mass is 261 g/mol. The summed E-state index contributed by atoms with van der Waals surface area (Å²) in [7, 11) is 4.48. The molecule has 0 atom stereocenters. The van der Waals surface area contributed by atoms with E-state index in [1.54, 1.807) is 0 Å². The van der Waals surface area contributed by atoms with Crippen molar-refractivity contribution in [1.82, 2.24) is 9.80 Å². The molecule has 1 aliphatic heterocycles. The molecule has 3 nitrogen and oxygen atoms in total. The first-order valence-corrected chi connectivity index (χ1v) is 7.39. The molecule has 0 spiro atoms. The lowest BCUT2D eigenvalue weighted by atomic mass is 10.0. The summed E-state index contributed by atoms with van der Waals surface area (Å²) in [6.45, 7) is 3.64. The normalized spacial score (nSPS) is 18.1. The summed E-state index contributed by atoms with van der Waals surface area (Å²) in [5.41, 5.74) is 8.20. The maximum atomic E-state index is 5.98. The van der Waals surface area contributed by atoms with Crippen molar-refractivity contribution in [2.45, 2.75) is 31.7 Å². The average molecular weight is 261 g/mol. The Labute approximate surface area is 117 Å². The van der Waals surface area contributed by atoms with Crippen molar-refractivity contribution in [2.24, 2.45) is 0 Å². The minimum atomic E-state index is 0.768. The number of rotatable bonds is 5. The predicted octanol–water partition coefficient (Wildman–Crippen LogP) is 2.23. The summed E-state index contributed by atoms with van der Waals surface area (Å²) in [5, 5.41) is 0. The largest absolute Gasteiger partial charge is 0.399 e. The average Bonchev–Trinajstić information content (AvgIpc) is 2.41. The molecule has 1 aliphatic rings. The van der Waals surface area contributed by atoms with Gasteiger partial charge in [-0.25, -0.2) is 0 Å². The van der Waals surface area contributed by atoms with E-state index in [0.717, 1.165) is 18.2 Å². The zero-order valence-electron chi connectivity index (χ0n) is 12.3. The molecule has 0 radical (unpaired) electrons. The van der Waals surface area contributed by atoms with Crippen LogP contribution in [0.3, 0.4) is 0 Å². The lowest BCUT2D eigenvalue weighted by Crippen LogP contribution is -2.42. The number of piperidine rings is 1. The quantitative estimate of drug-likeness (QED) is 0.825. The number of para-hydroxylation sites is 1. The molecule has 1 heterocycles. The highest BCUT2D eigenvalue weighted by Crippen LogP contribution is 2.16. The van der Waals surface area contributed by atoms with Crippen LogP contribution in [-0.2, 0) is 6.42 Å². The molecule has 1 aromatic carbocycles. The fourth-order valence-corrected chi connectivity index (χ4v) is 2.90. The van der Waals surface area contributed by atoms with Gasteiger partial charge in [0.25, 0.3) is 0 Å². The van der Waals surface area contributed by atoms with Crippen molar-refractivity contribution in [1.29, 1.82) is 0 Å². The standard InChI is InChI=1S/C16H27N3/c1-18-12-9-15(10-13-18)19(2)11-5-7-14-6-3-4-8-16(14)17/h3-4,6,8,15H,5,7,9-13,17H2,1-2H3. The van der Waals surface area contributed by atoms with Gasteiger partial charge in [0, 0.05) is 11.7 Å². The molecule has 106 valence electrons. The van der Waals surface area contributed by atoms with Gasteiger partial charge in [0.1, 0.15) is 0 Å². The minimum absolute atomic E-state index is 0.768. The van der Waals surface area contributed by atoms with Gasteiger partial charge >= 0.3 is 0 Å². The molecule has 1 saturated heterocycles. The lowest BCUT2D eigenvalue weighted by molar-refractivity contribution is 0.143. The Kier molecular flexibility index (Phi) is 5.23.